The molecule has 29 heavy (non-hydrogen) atoms. The molecular weight excluding hydrogens is 375 g/mol. The van der Waals surface area contributed by atoms with Crippen molar-refractivity contribution in [1.29, 1.82) is 0 Å². The lowest BCUT2D eigenvalue weighted by Crippen LogP contribution is -2.52. The number of amides is 1. The van der Waals surface area contributed by atoms with E-state index in [0.29, 0.717) is 64.4 Å². The number of nitrogens with zero attached hydrogens (tertiary/aromatic N) is 4. The van der Waals surface area contributed by atoms with Crippen LogP contribution in [0.5, 0.6) is 0 Å². The van der Waals surface area contributed by atoms with E-state index in [4.69, 9.17) is 4.74 Å². The summed E-state index contributed by atoms with van der Waals surface area (Å²) in [7, 11) is 0. The number of carbonyl (C=O) groups is 2. The van der Waals surface area contributed by atoms with Crippen molar-refractivity contribution in [2.75, 3.05) is 37.7 Å². The Bertz CT molecular complexity index is 783. The third-order valence-corrected chi connectivity index (χ3v) is 6.74. The van der Waals surface area contributed by atoms with E-state index >= 15 is 0 Å². The monoisotopic (exact) mass is 404 g/mol. The van der Waals surface area contributed by atoms with Crippen LogP contribution in [0.25, 0.3) is 0 Å². The third-order valence-electron chi connectivity index (χ3n) is 6.74. The summed E-state index contributed by atoms with van der Waals surface area (Å²) >= 11 is 0. The van der Waals surface area contributed by atoms with Gasteiger partial charge in [-0.3, -0.25) is 9.59 Å². The first-order valence-electron chi connectivity index (χ1n) is 10.6. The zero-order valence-corrected chi connectivity index (χ0v) is 17.2. The summed E-state index contributed by atoms with van der Waals surface area (Å²) in [4.78, 5) is 38.4. The fourth-order valence-electron chi connectivity index (χ4n) is 4.91. The highest BCUT2D eigenvalue weighted by molar-refractivity contribution is 5.86. The average Bonchev–Trinajstić information content (AvgIpc) is 2.95. The lowest BCUT2D eigenvalue weighted by molar-refractivity contribution is -0.158. The molecule has 0 unspecified atom stereocenters. The molecule has 2 atom stereocenters. The van der Waals surface area contributed by atoms with Crippen LogP contribution in [0, 0.1) is 18.3 Å². The molecule has 0 bridgehead atoms. The summed E-state index contributed by atoms with van der Waals surface area (Å²) in [6.07, 6.45) is 6.14. The highest BCUT2D eigenvalue weighted by atomic mass is 19.1. The van der Waals surface area contributed by atoms with Gasteiger partial charge in [0.05, 0.1) is 12.0 Å². The van der Waals surface area contributed by atoms with Gasteiger partial charge in [0.1, 0.15) is 0 Å². The molecule has 0 aromatic carbocycles. The Morgan fingerprint density at radius 3 is 2.55 bits per heavy atom. The predicted molar refractivity (Wildman–Crippen MR) is 105 cm³/mol. The summed E-state index contributed by atoms with van der Waals surface area (Å²) in [5.41, 5.74) is -1.47. The minimum absolute atomic E-state index is 0.137. The van der Waals surface area contributed by atoms with E-state index in [1.807, 2.05) is 11.8 Å². The summed E-state index contributed by atoms with van der Waals surface area (Å²) < 4.78 is 20.3. The number of hydrogen-bond donors (Lipinski definition) is 0. The van der Waals surface area contributed by atoms with Gasteiger partial charge in [-0.05, 0) is 51.5 Å². The number of aryl methyl sites for hydroxylation is 1. The van der Waals surface area contributed by atoms with Gasteiger partial charge >= 0.3 is 5.97 Å². The van der Waals surface area contributed by atoms with Crippen LogP contribution >= 0.6 is 0 Å². The molecule has 0 spiro atoms. The molecule has 1 aliphatic carbocycles. The second-order valence-corrected chi connectivity index (χ2v) is 8.69. The Labute approximate surface area is 170 Å². The summed E-state index contributed by atoms with van der Waals surface area (Å²) in [5, 5.41) is 0. The minimum Gasteiger partial charge on any atom is -0.466 e. The molecule has 0 radical (unpaired) electrons. The number of carbonyl (C=O) groups excluding carboxylic acids is 2. The van der Waals surface area contributed by atoms with E-state index < -0.39 is 17.0 Å². The molecular formula is C21H29FN4O3. The van der Waals surface area contributed by atoms with Gasteiger partial charge in [-0.25, -0.2) is 14.4 Å². The van der Waals surface area contributed by atoms with Gasteiger partial charge in [-0.2, -0.15) is 0 Å². The van der Waals surface area contributed by atoms with E-state index in [9.17, 15) is 14.0 Å². The molecule has 7 nitrogen and oxygen atoms in total. The lowest BCUT2D eigenvalue weighted by Gasteiger charge is -2.38. The molecule has 1 saturated carbocycles. The fourth-order valence-corrected chi connectivity index (χ4v) is 4.91. The highest BCUT2D eigenvalue weighted by Gasteiger charge is 2.56. The van der Waals surface area contributed by atoms with Crippen LogP contribution in [0.1, 0.15) is 44.6 Å². The van der Waals surface area contributed by atoms with Crippen LogP contribution in [0.15, 0.2) is 12.4 Å². The summed E-state index contributed by atoms with van der Waals surface area (Å²) in [6, 6.07) is 0. The zero-order valence-electron chi connectivity index (χ0n) is 17.2. The van der Waals surface area contributed by atoms with Crippen LogP contribution in [0.4, 0.5) is 10.3 Å². The first-order valence-corrected chi connectivity index (χ1v) is 10.6. The number of halogens is 1. The largest absolute Gasteiger partial charge is 0.466 e. The first-order chi connectivity index (χ1) is 13.9. The van der Waals surface area contributed by atoms with Crippen molar-refractivity contribution in [2.24, 2.45) is 11.3 Å². The summed E-state index contributed by atoms with van der Waals surface area (Å²) in [5.74, 6) is -0.200. The maximum absolute atomic E-state index is 14.8. The standard InChI is InChI=1S/C21H29FN4O3/c1-3-29-18(28)20-6-5-9-25(17(27)21(22)7-4-8-21)12-16(20)13-26(14-20)19-23-10-15(2)11-24-19/h10-11,16H,3-9,12-14H2,1-2H3/t16-,20-/m0/s1. The zero-order chi connectivity index (χ0) is 20.6. The molecule has 8 heteroatoms. The number of anilines is 1. The molecule has 3 heterocycles. The Balaban J connectivity index is 1.60. The Morgan fingerprint density at radius 2 is 1.93 bits per heavy atom. The molecule has 2 saturated heterocycles. The molecule has 3 fully saturated rings. The van der Waals surface area contributed by atoms with Crippen molar-refractivity contribution in [3.8, 4) is 0 Å². The van der Waals surface area contributed by atoms with Crippen molar-refractivity contribution in [3.63, 3.8) is 0 Å². The molecule has 2 aliphatic heterocycles. The number of esters is 1. The van der Waals surface area contributed by atoms with Crippen molar-refractivity contribution < 1.29 is 18.7 Å². The van der Waals surface area contributed by atoms with Crippen LogP contribution in [0.3, 0.4) is 0 Å². The topological polar surface area (TPSA) is 75.6 Å². The molecule has 1 amide bonds. The maximum Gasteiger partial charge on any atom is 0.314 e. The van der Waals surface area contributed by atoms with Crippen molar-refractivity contribution in [1.82, 2.24) is 14.9 Å². The van der Waals surface area contributed by atoms with Gasteiger partial charge < -0.3 is 14.5 Å². The van der Waals surface area contributed by atoms with Crippen molar-refractivity contribution in [3.05, 3.63) is 18.0 Å². The van der Waals surface area contributed by atoms with Crippen molar-refractivity contribution in [2.45, 2.75) is 51.6 Å². The third kappa shape index (κ3) is 3.46. The van der Waals surface area contributed by atoms with Crippen molar-refractivity contribution >= 4 is 17.8 Å². The SMILES string of the molecule is CCOC(=O)[C@]12CCCN(C(=O)C3(F)CCC3)C[C@H]1CN(c1ncc(C)cn1)C2. The number of likely N-dealkylation sites (tertiary alicyclic amines) is 1. The Kier molecular flexibility index (Phi) is 5.21. The van der Waals surface area contributed by atoms with Crippen LogP contribution in [0.2, 0.25) is 0 Å². The second kappa shape index (κ2) is 7.54. The van der Waals surface area contributed by atoms with E-state index in [1.165, 1.54) is 0 Å². The molecule has 3 aliphatic rings. The number of alkyl halides is 1. The minimum atomic E-state index is -1.71. The van der Waals surface area contributed by atoms with E-state index in [2.05, 4.69) is 9.97 Å². The predicted octanol–water partition coefficient (Wildman–Crippen LogP) is 2.29. The lowest BCUT2D eigenvalue weighted by atomic mass is 9.75. The van der Waals surface area contributed by atoms with E-state index in [0.717, 1.165) is 12.0 Å². The number of ether oxygens (including phenoxy) is 1. The summed E-state index contributed by atoms with van der Waals surface area (Å²) in [6.45, 7) is 5.90. The van der Waals surface area contributed by atoms with Crippen LogP contribution in [-0.4, -0.2) is 65.2 Å². The van der Waals surface area contributed by atoms with Gasteiger partial charge in [0, 0.05) is 44.5 Å². The molecule has 0 N–H and O–H groups in total. The molecule has 4 rings (SSSR count). The molecule has 158 valence electrons. The van der Waals surface area contributed by atoms with Gasteiger partial charge in [0.25, 0.3) is 5.91 Å². The second-order valence-electron chi connectivity index (χ2n) is 8.69. The van der Waals surface area contributed by atoms with Crippen LogP contribution < -0.4 is 4.90 Å². The number of rotatable bonds is 4. The number of fused-ring (bicyclic) bond motifs is 1. The van der Waals surface area contributed by atoms with Gasteiger partial charge in [-0.1, -0.05) is 0 Å². The number of aromatic nitrogens is 2. The Hall–Kier alpha value is -2.25. The van der Waals surface area contributed by atoms with E-state index in [-0.39, 0.29) is 11.9 Å². The highest BCUT2D eigenvalue weighted by Crippen LogP contribution is 2.46. The van der Waals surface area contributed by atoms with E-state index in [1.54, 1.807) is 24.2 Å². The molecule has 1 aromatic heterocycles. The maximum atomic E-state index is 14.8. The molecule has 1 aromatic rings. The van der Waals surface area contributed by atoms with Gasteiger partial charge in [0.2, 0.25) is 5.95 Å². The smallest absolute Gasteiger partial charge is 0.314 e. The normalized spacial score (nSPS) is 28.3. The quantitative estimate of drug-likeness (QED) is 0.717. The van der Waals surface area contributed by atoms with Crippen LogP contribution in [-0.2, 0) is 14.3 Å². The number of hydrogen-bond acceptors (Lipinski definition) is 6. The van der Waals surface area contributed by atoms with Gasteiger partial charge in [0.15, 0.2) is 5.67 Å². The average molecular weight is 404 g/mol. The fraction of sp³-hybridized carbons (Fsp3) is 0.714. The first kappa shape index (κ1) is 20.0. The Morgan fingerprint density at radius 1 is 1.21 bits per heavy atom. The van der Waals surface area contributed by atoms with Gasteiger partial charge in [-0.15, -0.1) is 0 Å².